The van der Waals surface area contributed by atoms with Gasteiger partial charge in [-0.1, -0.05) is 41.5 Å². The molecular weight excluding hydrogens is 304 g/mol. The van der Waals surface area contributed by atoms with E-state index in [0.717, 1.165) is 12.8 Å². The van der Waals surface area contributed by atoms with Gasteiger partial charge in [0.2, 0.25) is 0 Å². The van der Waals surface area contributed by atoms with Crippen molar-refractivity contribution in [3.05, 3.63) is 12.2 Å². The van der Waals surface area contributed by atoms with Crippen LogP contribution in [0.15, 0.2) is 12.2 Å². The van der Waals surface area contributed by atoms with E-state index in [-0.39, 0.29) is 28.3 Å². The fourth-order valence-corrected chi connectivity index (χ4v) is 4.74. The largest absolute Gasteiger partial charge is 0.414 e. The first-order chi connectivity index (χ1) is 10.1. The molecule has 0 bridgehead atoms. The molecule has 3 nitrogen and oxygen atoms in total. The van der Waals surface area contributed by atoms with Crippen LogP contribution >= 0.6 is 0 Å². The van der Waals surface area contributed by atoms with Crippen molar-refractivity contribution >= 4 is 14.1 Å². The summed E-state index contributed by atoms with van der Waals surface area (Å²) in [6.45, 7) is 19.1. The summed E-state index contributed by atoms with van der Waals surface area (Å²) in [5, 5.41) is 11.4. The third-order valence-electron chi connectivity index (χ3n) is 6.03. The van der Waals surface area contributed by atoms with Crippen LogP contribution in [0.25, 0.3) is 0 Å². The van der Waals surface area contributed by atoms with E-state index < -0.39 is 13.9 Å². The first kappa shape index (κ1) is 20.6. The Balaban J connectivity index is 3.00. The maximum atomic E-state index is 11.3. The molecule has 0 aromatic heterocycles. The Morgan fingerprint density at radius 2 is 1.83 bits per heavy atom. The van der Waals surface area contributed by atoms with Crippen molar-refractivity contribution in [3.63, 3.8) is 0 Å². The van der Waals surface area contributed by atoms with E-state index in [0.29, 0.717) is 0 Å². The van der Waals surface area contributed by atoms with Gasteiger partial charge in [-0.3, -0.25) is 4.79 Å². The molecule has 0 heterocycles. The van der Waals surface area contributed by atoms with Crippen LogP contribution in [0.1, 0.15) is 61.3 Å². The summed E-state index contributed by atoms with van der Waals surface area (Å²) in [6.07, 6.45) is 5.03. The first-order valence-electron chi connectivity index (χ1n) is 8.72. The van der Waals surface area contributed by atoms with Gasteiger partial charge in [-0.15, -0.1) is 0 Å². The average molecular weight is 341 g/mol. The fraction of sp³-hybridized carbons (Fsp3) is 0.842. The monoisotopic (exact) mass is 340 g/mol. The van der Waals surface area contributed by atoms with Crippen molar-refractivity contribution in [1.29, 1.82) is 0 Å². The highest BCUT2D eigenvalue weighted by Crippen LogP contribution is 2.50. The minimum atomic E-state index is -1.82. The normalized spacial score (nSPS) is 32.3. The molecule has 1 rings (SSSR count). The Morgan fingerprint density at radius 3 is 2.22 bits per heavy atom. The van der Waals surface area contributed by atoms with Gasteiger partial charge in [0.05, 0.1) is 5.60 Å². The number of carbonyl (C=O) groups is 1. The highest BCUT2D eigenvalue weighted by Gasteiger charge is 2.52. The SMILES string of the molecule is CC(=O)/C=C/[C@]1(O)[C@@H](C)C[C@@H](O[Si](C)(C)C(C)(C)C)CC1(C)C. The molecule has 3 atom stereocenters. The summed E-state index contributed by atoms with van der Waals surface area (Å²) in [5.41, 5.74) is -1.30. The topological polar surface area (TPSA) is 46.5 Å². The van der Waals surface area contributed by atoms with Crippen molar-refractivity contribution in [2.45, 2.75) is 91.1 Å². The third-order valence-corrected chi connectivity index (χ3v) is 10.6. The number of carbonyl (C=O) groups excluding carboxylic acids is 1. The van der Waals surface area contributed by atoms with Gasteiger partial charge in [0.25, 0.3) is 0 Å². The molecule has 1 N–H and O–H groups in total. The molecule has 0 aliphatic heterocycles. The van der Waals surface area contributed by atoms with E-state index >= 15 is 0 Å². The molecule has 1 fully saturated rings. The van der Waals surface area contributed by atoms with Crippen molar-refractivity contribution in [3.8, 4) is 0 Å². The predicted octanol–water partition coefficient (Wildman–Crippen LogP) is 4.71. The zero-order valence-corrected chi connectivity index (χ0v) is 17.5. The molecular formula is C19H36O3Si. The molecule has 4 heteroatoms. The Morgan fingerprint density at radius 1 is 1.30 bits per heavy atom. The molecule has 1 aliphatic carbocycles. The molecule has 23 heavy (non-hydrogen) atoms. The number of allylic oxidation sites excluding steroid dienone is 1. The Kier molecular flexibility index (Phi) is 5.78. The molecule has 0 saturated heterocycles. The van der Waals surface area contributed by atoms with Gasteiger partial charge >= 0.3 is 0 Å². The number of ketones is 1. The van der Waals surface area contributed by atoms with Gasteiger partial charge in [0.1, 0.15) is 0 Å². The molecule has 0 aromatic rings. The molecule has 0 unspecified atom stereocenters. The standard InChI is InChI=1S/C19H36O3Si/c1-14-12-16(22-23(8,9)17(3,4)5)13-18(6,7)19(14,21)11-10-15(2)20/h10-11,14,16,21H,12-13H2,1-9H3/b11-10+/t14-,16+,19-/m0/s1. The lowest BCUT2D eigenvalue weighted by Gasteiger charge is -2.53. The van der Waals surface area contributed by atoms with Gasteiger partial charge < -0.3 is 9.53 Å². The summed E-state index contributed by atoms with van der Waals surface area (Å²) < 4.78 is 6.60. The van der Waals surface area contributed by atoms with Gasteiger partial charge in [-0.05, 0) is 61.4 Å². The van der Waals surface area contributed by atoms with Crippen LogP contribution in [0.2, 0.25) is 18.1 Å². The first-order valence-corrected chi connectivity index (χ1v) is 11.6. The second-order valence-corrected chi connectivity index (χ2v) is 14.3. The Labute approximate surface area is 143 Å². The van der Waals surface area contributed by atoms with Crippen LogP contribution in [-0.4, -0.2) is 30.9 Å². The van der Waals surface area contributed by atoms with E-state index in [2.05, 4.69) is 54.6 Å². The smallest absolute Gasteiger partial charge is 0.192 e. The molecule has 134 valence electrons. The van der Waals surface area contributed by atoms with E-state index in [1.807, 2.05) is 0 Å². The Bertz CT molecular complexity index is 473. The highest BCUT2D eigenvalue weighted by molar-refractivity contribution is 6.74. The van der Waals surface area contributed by atoms with Crippen molar-refractivity contribution in [2.24, 2.45) is 11.3 Å². The highest BCUT2D eigenvalue weighted by atomic mass is 28.4. The summed E-state index contributed by atoms with van der Waals surface area (Å²) in [7, 11) is -1.82. The van der Waals surface area contributed by atoms with Crippen LogP contribution in [0.3, 0.4) is 0 Å². The molecule has 0 aromatic carbocycles. The van der Waals surface area contributed by atoms with Crippen molar-refractivity contribution < 1.29 is 14.3 Å². The van der Waals surface area contributed by atoms with Crippen LogP contribution in [0, 0.1) is 11.3 Å². The fourth-order valence-electron chi connectivity index (χ4n) is 3.37. The zero-order chi connectivity index (χ0) is 18.3. The van der Waals surface area contributed by atoms with Gasteiger partial charge in [0, 0.05) is 6.10 Å². The zero-order valence-electron chi connectivity index (χ0n) is 16.5. The number of aliphatic hydroxyl groups is 1. The molecule has 0 spiro atoms. The van der Waals surface area contributed by atoms with Gasteiger partial charge in [-0.25, -0.2) is 0 Å². The average Bonchev–Trinajstić information content (AvgIpc) is 2.31. The van der Waals surface area contributed by atoms with E-state index in [1.165, 1.54) is 13.0 Å². The van der Waals surface area contributed by atoms with E-state index in [4.69, 9.17) is 4.43 Å². The second-order valence-electron chi connectivity index (χ2n) is 9.49. The summed E-state index contributed by atoms with van der Waals surface area (Å²) in [5.74, 6) is 0.0256. The summed E-state index contributed by atoms with van der Waals surface area (Å²) in [6, 6.07) is 0. The third kappa shape index (κ3) is 4.34. The minimum Gasteiger partial charge on any atom is -0.414 e. The quantitative estimate of drug-likeness (QED) is 0.595. The molecule has 0 radical (unpaired) electrons. The summed E-state index contributed by atoms with van der Waals surface area (Å²) in [4.78, 5) is 11.3. The lowest BCUT2D eigenvalue weighted by atomic mass is 9.60. The number of rotatable bonds is 4. The maximum Gasteiger partial charge on any atom is 0.192 e. The maximum absolute atomic E-state index is 11.3. The Hall–Kier alpha value is -0.453. The lowest BCUT2D eigenvalue weighted by Crippen LogP contribution is -2.57. The minimum absolute atomic E-state index is 0.0268. The van der Waals surface area contributed by atoms with Gasteiger partial charge in [0.15, 0.2) is 14.1 Å². The van der Waals surface area contributed by atoms with E-state index in [1.54, 1.807) is 6.08 Å². The lowest BCUT2D eigenvalue weighted by molar-refractivity contribution is -0.125. The predicted molar refractivity (Wildman–Crippen MR) is 99.0 cm³/mol. The van der Waals surface area contributed by atoms with Crippen LogP contribution in [-0.2, 0) is 9.22 Å². The van der Waals surface area contributed by atoms with Crippen LogP contribution in [0.5, 0.6) is 0 Å². The van der Waals surface area contributed by atoms with Gasteiger partial charge in [-0.2, -0.15) is 0 Å². The number of hydrogen-bond acceptors (Lipinski definition) is 3. The van der Waals surface area contributed by atoms with E-state index in [9.17, 15) is 9.90 Å². The molecule has 1 saturated carbocycles. The molecule has 0 amide bonds. The van der Waals surface area contributed by atoms with Crippen LogP contribution in [0.4, 0.5) is 0 Å². The van der Waals surface area contributed by atoms with Crippen LogP contribution < -0.4 is 0 Å². The second kappa shape index (κ2) is 6.45. The molecule has 1 aliphatic rings. The summed E-state index contributed by atoms with van der Waals surface area (Å²) >= 11 is 0. The van der Waals surface area contributed by atoms with Crippen molar-refractivity contribution in [1.82, 2.24) is 0 Å². The van der Waals surface area contributed by atoms with Crippen molar-refractivity contribution in [2.75, 3.05) is 0 Å². The number of hydrogen-bond donors (Lipinski definition) is 1.